The molecule has 3 heterocycles. The number of carbonyl (C=O) groups excluding carboxylic acids is 1. The number of para-hydroxylation sites is 2. The summed E-state index contributed by atoms with van der Waals surface area (Å²) in [6, 6.07) is 11.5. The van der Waals surface area contributed by atoms with Crippen LogP contribution in [0.2, 0.25) is 0 Å². The largest absolute Gasteiger partial charge is 0.360 e. The van der Waals surface area contributed by atoms with E-state index < -0.39 is 18.3 Å². The molecule has 4 aromatic rings. The Morgan fingerprint density at radius 2 is 1.93 bits per heavy atom. The Morgan fingerprint density at radius 1 is 1.20 bits per heavy atom. The quantitative estimate of drug-likeness (QED) is 0.449. The summed E-state index contributed by atoms with van der Waals surface area (Å²) in [5, 5.41) is 13.7. The Bertz CT molecular complexity index is 1310. The lowest BCUT2D eigenvalue weighted by molar-refractivity contribution is 0.0701. The SMILES string of the molecule is Cc1cc(-n2c(C)cc(C(=O)C(C#N)c3nc4ccccc4n3C(F)F)c2C)no1. The van der Waals surface area contributed by atoms with Gasteiger partial charge < -0.3 is 4.52 Å². The third kappa shape index (κ3) is 2.97. The van der Waals surface area contributed by atoms with Gasteiger partial charge in [0.2, 0.25) is 0 Å². The van der Waals surface area contributed by atoms with Crippen molar-refractivity contribution in [3.05, 3.63) is 64.9 Å². The van der Waals surface area contributed by atoms with E-state index in [0.29, 0.717) is 33.0 Å². The van der Waals surface area contributed by atoms with Crippen molar-refractivity contribution in [2.45, 2.75) is 33.2 Å². The number of nitrogens with zero attached hydrogens (tertiary/aromatic N) is 5. The van der Waals surface area contributed by atoms with Crippen molar-refractivity contribution in [1.82, 2.24) is 19.3 Å². The second kappa shape index (κ2) is 7.22. The summed E-state index contributed by atoms with van der Waals surface area (Å²) in [5.74, 6) is -1.27. The van der Waals surface area contributed by atoms with E-state index in [-0.39, 0.29) is 16.9 Å². The molecule has 3 aromatic heterocycles. The molecule has 0 fully saturated rings. The van der Waals surface area contributed by atoms with E-state index in [9.17, 15) is 18.8 Å². The summed E-state index contributed by atoms with van der Waals surface area (Å²) in [7, 11) is 0. The van der Waals surface area contributed by atoms with E-state index in [1.54, 1.807) is 55.7 Å². The normalized spacial score (nSPS) is 12.4. The molecule has 1 unspecified atom stereocenters. The number of Topliss-reactive ketones (excluding diaryl/α,β-unsaturated/α-hetero) is 1. The summed E-state index contributed by atoms with van der Waals surface area (Å²) < 4.78 is 35.1. The minimum absolute atomic E-state index is 0.166. The molecule has 0 N–H and O–H groups in total. The van der Waals surface area contributed by atoms with Crippen LogP contribution in [0.25, 0.3) is 16.9 Å². The highest BCUT2D eigenvalue weighted by Gasteiger charge is 2.32. The zero-order valence-corrected chi connectivity index (χ0v) is 16.4. The van der Waals surface area contributed by atoms with Crippen LogP contribution >= 0.6 is 0 Å². The van der Waals surface area contributed by atoms with Gasteiger partial charge in [0.25, 0.3) is 0 Å². The number of halogens is 2. The third-order valence-corrected chi connectivity index (χ3v) is 5.01. The molecule has 0 aliphatic heterocycles. The van der Waals surface area contributed by atoms with Crippen LogP contribution in [0.1, 0.15) is 45.8 Å². The standard InChI is InChI=1S/C21H17F2N5O2/c1-11-8-14(13(3)27(11)18-9-12(2)30-26-18)19(29)15(10-24)20-25-16-6-4-5-7-17(16)28(20)21(22)23/h4-9,15,21H,1-3H3. The zero-order chi connectivity index (χ0) is 21.6. The lowest BCUT2D eigenvalue weighted by Gasteiger charge is -2.12. The number of hydrogen-bond donors (Lipinski definition) is 0. The average Bonchev–Trinajstić information content (AvgIpc) is 3.37. The molecular weight excluding hydrogens is 392 g/mol. The number of hydrogen-bond acceptors (Lipinski definition) is 5. The van der Waals surface area contributed by atoms with Crippen LogP contribution in [-0.4, -0.2) is 25.1 Å². The van der Waals surface area contributed by atoms with Gasteiger partial charge in [-0.2, -0.15) is 14.0 Å². The van der Waals surface area contributed by atoms with Crippen LogP contribution in [0.15, 0.2) is 40.9 Å². The summed E-state index contributed by atoms with van der Waals surface area (Å²) in [5.41, 5.74) is 1.94. The van der Waals surface area contributed by atoms with E-state index >= 15 is 0 Å². The van der Waals surface area contributed by atoms with Gasteiger partial charge in [-0.1, -0.05) is 17.3 Å². The predicted octanol–water partition coefficient (Wildman–Crippen LogP) is 4.63. The van der Waals surface area contributed by atoms with Crippen LogP contribution in [0.4, 0.5) is 8.78 Å². The monoisotopic (exact) mass is 409 g/mol. The Hall–Kier alpha value is -3.80. The molecule has 0 amide bonds. The molecule has 1 atom stereocenters. The maximum atomic E-state index is 13.8. The average molecular weight is 409 g/mol. The van der Waals surface area contributed by atoms with Gasteiger partial charge >= 0.3 is 6.55 Å². The van der Waals surface area contributed by atoms with Crippen molar-refractivity contribution in [3.8, 4) is 11.9 Å². The first kappa shape index (κ1) is 19.5. The minimum Gasteiger partial charge on any atom is -0.360 e. The van der Waals surface area contributed by atoms with Crippen LogP contribution in [-0.2, 0) is 0 Å². The van der Waals surface area contributed by atoms with Gasteiger partial charge in [0.05, 0.1) is 17.1 Å². The van der Waals surface area contributed by atoms with Crippen molar-refractivity contribution >= 4 is 16.8 Å². The highest BCUT2D eigenvalue weighted by molar-refractivity contribution is 6.04. The summed E-state index contributed by atoms with van der Waals surface area (Å²) in [6.07, 6.45) is 0. The first-order chi connectivity index (χ1) is 14.3. The van der Waals surface area contributed by atoms with E-state index in [1.807, 2.05) is 6.07 Å². The molecule has 0 aliphatic carbocycles. The highest BCUT2D eigenvalue weighted by atomic mass is 19.3. The lowest BCUT2D eigenvalue weighted by atomic mass is 9.98. The second-order valence-electron chi connectivity index (χ2n) is 6.95. The number of ketones is 1. The molecule has 0 saturated carbocycles. The molecule has 0 saturated heterocycles. The van der Waals surface area contributed by atoms with Gasteiger partial charge in [-0.05, 0) is 39.0 Å². The van der Waals surface area contributed by atoms with Crippen LogP contribution in [0.5, 0.6) is 0 Å². The molecule has 7 nitrogen and oxygen atoms in total. The van der Waals surface area contributed by atoms with Crippen molar-refractivity contribution in [3.63, 3.8) is 0 Å². The molecule has 0 radical (unpaired) electrons. The van der Waals surface area contributed by atoms with Crippen LogP contribution in [0, 0.1) is 32.1 Å². The fraction of sp³-hybridized carbons (Fsp3) is 0.238. The number of fused-ring (bicyclic) bond motifs is 1. The summed E-state index contributed by atoms with van der Waals surface area (Å²) in [4.78, 5) is 17.5. The third-order valence-electron chi connectivity index (χ3n) is 5.01. The fourth-order valence-electron chi connectivity index (χ4n) is 3.68. The Kier molecular flexibility index (Phi) is 4.70. The smallest absolute Gasteiger partial charge is 0.320 e. The number of aromatic nitrogens is 4. The first-order valence-corrected chi connectivity index (χ1v) is 9.15. The molecule has 1 aromatic carbocycles. The van der Waals surface area contributed by atoms with Gasteiger partial charge in [-0.15, -0.1) is 0 Å². The summed E-state index contributed by atoms with van der Waals surface area (Å²) in [6.45, 7) is 2.29. The molecule has 30 heavy (non-hydrogen) atoms. The van der Waals surface area contributed by atoms with Gasteiger partial charge in [-0.3, -0.25) is 13.9 Å². The number of alkyl halides is 2. The minimum atomic E-state index is -2.94. The summed E-state index contributed by atoms with van der Waals surface area (Å²) >= 11 is 0. The number of carbonyl (C=O) groups is 1. The molecular formula is C21H17F2N5O2. The number of imidazole rings is 1. The van der Waals surface area contributed by atoms with Crippen LogP contribution < -0.4 is 0 Å². The van der Waals surface area contributed by atoms with Gasteiger partial charge in [0, 0.05) is 23.0 Å². The van der Waals surface area contributed by atoms with E-state index in [4.69, 9.17) is 4.52 Å². The number of nitriles is 1. The number of benzene rings is 1. The number of aryl methyl sites for hydroxylation is 2. The lowest BCUT2D eigenvalue weighted by Crippen LogP contribution is -2.18. The molecule has 4 rings (SSSR count). The maximum Gasteiger partial charge on any atom is 0.320 e. The van der Waals surface area contributed by atoms with Crippen molar-refractivity contribution in [1.29, 1.82) is 5.26 Å². The van der Waals surface area contributed by atoms with Crippen molar-refractivity contribution in [2.24, 2.45) is 0 Å². The second-order valence-corrected chi connectivity index (χ2v) is 6.95. The van der Waals surface area contributed by atoms with Crippen molar-refractivity contribution < 1.29 is 18.1 Å². The highest BCUT2D eigenvalue weighted by Crippen LogP contribution is 2.31. The van der Waals surface area contributed by atoms with Gasteiger partial charge in [0.1, 0.15) is 11.6 Å². The zero-order valence-electron chi connectivity index (χ0n) is 16.4. The molecule has 0 spiro atoms. The van der Waals surface area contributed by atoms with Gasteiger partial charge in [-0.25, -0.2) is 4.98 Å². The molecule has 0 bridgehead atoms. The maximum absolute atomic E-state index is 13.8. The molecule has 152 valence electrons. The fourth-order valence-corrected chi connectivity index (χ4v) is 3.68. The molecule has 9 heteroatoms. The Labute approximate surface area is 170 Å². The van der Waals surface area contributed by atoms with Crippen molar-refractivity contribution in [2.75, 3.05) is 0 Å². The predicted molar refractivity (Wildman–Crippen MR) is 104 cm³/mol. The Morgan fingerprint density at radius 3 is 2.57 bits per heavy atom. The van der Waals surface area contributed by atoms with E-state index in [2.05, 4.69) is 10.1 Å². The Balaban J connectivity index is 1.83. The van der Waals surface area contributed by atoms with E-state index in [1.165, 1.54) is 6.07 Å². The topological polar surface area (TPSA) is 89.6 Å². The molecule has 0 aliphatic rings. The number of rotatable bonds is 5. The van der Waals surface area contributed by atoms with Gasteiger partial charge in [0.15, 0.2) is 17.5 Å². The first-order valence-electron chi connectivity index (χ1n) is 9.15. The van der Waals surface area contributed by atoms with Crippen LogP contribution in [0.3, 0.4) is 0 Å². The van der Waals surface area contributed by atoms with E-state index in [0.717, 1.165) is 0 Å².